The van der Waals surface area contributed by atoms with Gasteiger partial charge in [0.15, 0.2) is 5.56 Å². The van der Waals surface area contributed by atoms with Crippen LogP contribution < -0.4 is 0 Å². The third kappa shape index (κ3) is 3.05. The number of hydrogen-bond donors (Lipinski definition) is 0. The molecule has 1 aromatic heterocycles. The van der Waals surface area contributed by atoms with Gasteiger partial charge in [-0.15, -0.1) is 0 Å². The van der Waals surface area contributed by atoms with Crippen molar-refractivity contribution in [2.75, 3.05) is 0 Å². The lowest BCUT2D eigenvalue weighted by Crippen LogP contribution is -1.99. The molecule has 1 atom stereocenters. The largest absolute Gasteiger partial charge is 0.352 e. The molecule has 0 amide bonds. The minimum absolute atomic E-state index is 0.492. The monoisotopic (exact) mass is 233 g/mol. The second-order valence-electron chi connectivity index (χ2n) is 3.37. The Balaban J connectivity index is 1.92. The predicted octanol–water partition coefficient (Wildman–Crippen LogP) is 3.54. The molecule has 1 aromatic carbocycles. The Bertz CT molecular complexity index is 418. The van der Waals surface area contributed by atoms with Crippen LogP contribution in [0.1, 0.15) is 16.8 Å². The fraction of sp³-hybridized carbons (Fsp3) is 0.154. The molecule has 0 spiro atoms. The fourth-order valence-electron chi connectivity index (χ4n) is 1.34. The molecule has 0 N–H and O–H groups in total. The van der Waals surface area contributed by atoms with Crippen molar-refractivity contribution in [1.82, 2.24) is 4.98 Å². The summed E-state index contributed by atoms with van der Waals surface area (Å²) in [5.74, 6) is 0. The lowest BCUT2D eigenvalue weighted by Gasteiger charge is -2.10. The zero-order chi connectivity index (χ0) is 11.2. The van der Waals surface area contributed by atoms with Crippen molar-refractivity contribution in [2.45, 2.75) is 12.2 Å². The maximum atomic E-state index is 6.07. The summed E-state index contributed by atoms with van der Waals surface area (Å²) in [6.07, 6.45) is 1.70. The predicted molar refractivity (Wildman–Crippen MR) is 64.1 cm³/mol. The van der Waals surface area contributed by atoms with E-state index in [0.29, 0.717) is 6.61 Å². The smallest absolute Gasteiger partial charge is 0.173 e. The Morgan fingerprint density at radius 1 is 1.06 bits per heavy atom. The number of aromatic nitrogens is 1. The zero-order valence-corrected chi connectivity index (χ0v) is 9.47. The number of halogens is 1. The van der Waals surface area contributed by atoms with E-state index < -0.39 is 5.56 Å². The molecule has 2 aromatic rings. The standard InChI is InChI=1S/C13H12ClNO/c14-13(12-8-4-5-9-15-12)16-10-11-6-2-1-3-7-11/h1-9,13H,10H2. The molecule has 2 nitrogen and oxygen atoms in total. The molecule has 2 rings (SSSR count). The van der Waals surface area contributed by atoms with Crippen LogP contribution in [0.5, 0.6) is 0 Å². The highest BCUT2D eigenvalue weighted by Crippen LogP contribution is 2.20. The maximum absolute atomic E-state index is 6.07. The summed E-state index contributed by atoms with van der Waals surface area (Å²) in [7, 11) is 0. The molecule has 0 aliphatic rings. The third-order valence-corrected chi connectivity index (χ3v) is 2.51. The molecule has 0 saturated heterocycles. The van der Waals surface area contributed by atoms with Crippen molar-refractivity contribution in [1.29, 1.82) is 0 Å². The second-order valence-corrected chi connectivity index (χ2v) is 3.76. The second kappa shape index (κ2) is 5.64. The van der Waals surface area contributed by atoms with Crippen LogP contribution in [0.25, 0.3) is 0 Å². The number of nitrogens with zero attached hydrogens (tertiary/aromatic N) is 1. The maximum Gasteiger partial charge on any atom is 0.173 e. The van der Waals surface area contributed by atoms with Gasteiger partial charge in [-0.3, -0.25) is 4.98 Å². The molecule has 82 valence electrons. The van der Waals surface area contributed by atoms with E-state index in [-0.39, 0.29) is 0 Å². The Hall–Kier alpha value is -1.38. The minimum Gasteiger partial charge on any atom is -0.352 e. The van der Waals surface area contributed by atoms with Gasteiger partial charge in [-0.25, -0.2) is 0 Å². The van der Waals surface area contributed by atoms with Gasteiger partial charge in [-0.2, -0.15) is 0 Å². The van der Waals surface area contributed by atoms with Crippen molar-refractivity contribution < 1.29 is 4.74 Å². The van der Waals surface area contributed by atoms with E-state index in [1.54, 1.807) is 6.20 Å². The van der Waals surface area contributed by atoms with Gasteiger partial charge >= 0.3 is 0 Å². The number of pyridine rings is 1. The summed E-state index contributed by atoms with van der Waals surface area (Å²) < 4.78 is 5.52. The number of hydrogen-bond acceptors (Lipinski definition) is 2. The third-order valence-electron chi connectivity index (χ3n) is 2.16. The minimum atomic E-state index is -0.499. The van der Waals surface area contributed by atoms with Crippen molar-refractivity contribution in [3.05, 3.63) is 66.0 Å². The summed E-state index contributed by atoms with van der Waals surface area (Å²) in [5, 5.41) is 0. The number of ether oxygens (including phenoxy) is 1. The molecule has 3 heteroatoms. The Morgan fingerprint density at radius 3 is 2.50 bits per heavy atom. The molecule has 1 heterocycles. The molecule has 0 bridgehead atoms. The van der Waals surface area contributed by atoms with E-state index in [1.807, 2.05) is 48.5 Å². The number of alkyl halides is 1. The summed E-state index contributed by atoms with van der Waals surface area (Å²) in [5.41, 5.74) is 1.34. The molecule has 0 fully saturated rings. The van der Waals surface area contributed by atoms with Crippen molar-refractivity contribution in [3.8, 4) is 0 Å². The van der Waals surface area contributed by atoms with Gasteiger partial charge in [0.05, 0.1) is 12.3 Å². The fourth-order valence-corrected chi connectivity index (χ4v) is 1.53. The van der Waals surface area contributed by atoms with Gasteiger partial charge < -0.3 is 4.74 Å². The molecule has 16 heavy (non-hydrogen) atoms. The molecule has 0 saturated carbocycles. The van der Waals surface area contributed by atoms with Crippen molar-refractivity contribution in [2.24, 2.45) is 0 Å². The van der Waals surface area contributed by atoms with Crippen LogP contribution >= 0.6 is 11.6 Å². The van der Waals surface area contributed by atoms with E-state index in [9.17, 15) is 0 Å². The van der Waals surface area contributed by atoms with Crippen LogP contribution in [0.4, 0.5) is 0 Å². The normalized spacial score (nSPS) is 12.3. The average Bonchev–Trinajstić information content (AvgIpc) is 2.38. The highest BCUT2D eigenvalue weighted by molar-refractivity contribution is 6.19. The zero-order valence-electron chi connectivity index (χ0n) is 8.71. The van der Waals surface area contributed by atoms with Gasteiger partial charge in [0.2, 0.25) is 0 Å². The lowest BCUT2D eigenvalue weighted by atomic mass is 10.2. The van der Waals surface area contributed by atoms with E-state index in [0.717, 1.165) is 11.3 Å². The first kappa shape index (κ1) is 11.1. The number of benzene rings is 1. The van der Waals surface area contributed by atoms with Crippen LogP contribution in [-0.2, 0) is 11.3 Å². The first-order valence-electron chi connectivity index (χ1n) is 5.07. The van der Waals surface area contributed by atoms with Gasteiger partial charge in [0, 0.05) is 6.20 Å². The summed E-state index contributed by atoms with van der Waals surface area (Å²) in [4.78, 5) is 4.13. The van der Waals surface area contributed by atoms with Crippen molar-refractivity contribution >= 4 is 11.6 Å². The summed E-state index contributed by atoms with van der Waals surface area (Å²) in [6, 6.07) is 15.5. The number of rotatable bonds is 4. The highest BCUT2D eigenvalue weighted by Gasteiger charge is 2.08. The van der Waals surface area contributed by atoms with Crippen LogP contribution in [0.3, 0.4) is 0 Å². The van der Waals surface area contributed by atoms with Gasteiger partial charge in [-0.05, 0) is 17.7 Å². The first-order valence-corrected chi connectivity index (χ1v) is 5.50. The van der Waals surface area contributed by atoms with E-state index in [4.69, 9.17) is 16.3 Å². The summed E-state index contributed by atoms with van der Waals surface area (Å²) >= 11 is 6.07. The van der Waals surface area contributed by atoms with Crippen LogP contribution in [0, 0.1) is 0 Å². The van der Waals surface area contributed by atoms with Gasteiger partial charge in [0.1, 0.15) is 0 Å². The molecular weight excluding hydrogens is 222 g/mol. The van der Waals surface area contributed by atoms with Gasteiger partial charge in [-0.1, -0.05) is 48.0 Å². The topological polar surface area (TPSA) is 22.1 Å². The van der Waals surface area contributed by atoms with E-state index in [1.165, 1.54) is 0 Å². The van der Waals surface area contributed by atoms with Gasteiger partial charge in [0.25, 0.3) is 0 Å². The Labute approximate surface area is 99.9 Å². The first-order chi connectivity index (χ1) is 7.86. The SMILES string of the molecule is ClC(OCc1ccccc1)c1ccccn1. The Morgan fingerprint density at radius 2 is 1.81 bits per heavy atom. The molecule has 0 aliphatic heterocycles. The highest BCUT2D eigenvalue weighted by atomic mass is 35.5. The van der Waals surface area contributed by atoms with E-state index >= 15 is 0 Å². The van der Waals surface area contributed by atoms with E-state index in [2.05, 4.69) is 4.98 Å². The summed E-state index contributed by atoms with van der Waals surface area (Å²) in [6.45, 7) is 0.492. The average molecular weight is 234 g/mol. The lowest BCUT2D eigenvalue weighted by molar-refractivity contribution is 0.0917. The molecule has 0 aliphatic carbocycles. The van der Waals surface area contributed by atoms with Crippen LogP contribution in [0.2, 0.25) is 0 Å². The van der Waals surface area contributed by atoms with Crippen LogP contribution in [-0.4, -0.2) is 4.98 Å². The Kier molecular flexibility index (Phi) is 3.91. The molecular formula is C13H12ClNO. The molecule has 0 radical (unpaired) electrons. The quantitative estimate of drug-likeness (QED) is 0.754. The van der Waals surface area contributed by atoms with Crippen molar-refractivity contribution in [3.63, 3.8) is 0 Å². The molecule has 1 unspecified atom stereocenters. The van der Waals surface area contributed by atoms with Crippen LogP contribution in [0.15, 0.2) is 54.7 Å².